The second-order valence-electron chi connectivity index (χ2n) is 2.97. The van der Waals surface area contributed by atoms with Gasteiger partial charge in [0, 0.05) is 20.1 Å². The Morgan fingerprint density at radius 1 is 1.62 bits per heavy atom. The van der Waals surface area contributed by atoms with Crippen molar-refractivity contribution in [3.63, 3.8) is 0 Å². The molecule has 0 aromatic heterocycles. The number of hydrogen-bond donors (Lipinski definition) is 0. The average Bonchev–Trinajstić information content (AvgIpc) is 2.10. The predicted octanol–water partition coefficient (Wildman–Crippen LogP) is -0.799. The van der Waals surface area contributed by atoms with E-state index < -0.39 is 0 Å². The third-order valence-corrected chi connectivity index (χ3v) is 2.04. The summed E-state index contributed by atoms with van der Waals surface area (Å²) in [5.74, 6) is -0.332. The average molecular weight is 181 g/mol. The van der Waals surface area contributed by atoms with Gasteiger partial charge in [0.25, 0.3) is 0 Å². The predicted molar refractivity (Wildman–Crippen MR) is 44.4 cm³/mol. The molecule has 1 aliphatic heterocycles. The summed E-state index contributed by atoms with van der Waals surface area (Å²) in [5, 5.41) is 8.29. The summed E-state index contributed by atoms with van der Waals surface area (Å²) in [6, 6.07) is 1.77. The van der Waals surface area contributed by atoms with E-state index in [9.17, 15) is 9.59 Å². The molecule has 5 heteroatoms. The number of piperazine rings is 1. The van der Waals surface area contributed by atoms with E-state index in [0.29, 0.717) is 13.1 Å². The van der Waals surface area contributed by atoms with Crippen molar-refractivity contribution in [2.45, 2.75) is 6.42 Å². The van der Waals surface area contributed by atoms with Crippen LogP contribution in [0.1, 0.15) is 6.42 Å². The van der Waals surface area contributed by atoms with Crippen molar-refractivity contribution < 1.29 is 9.59 Å². The SMILES string of the molecule is CN1CCN(C(=O)CC#N)CC1=O. The maximum Gasteiger partial charge on any atom is 0.241 e. The minimum Gasteiger partial charge on any atom is -0.342 e. The Labute approximate surface area is 76.5 Å². The molecular formula is C8H11N3O2. The van der Waals surface area contributed by atoms with Crippen LogP contribution >= 0.6 is 0 Å². The lowest BCUT2D eigenvalue weighted by atomic mass is 10.3. The van der Waals surface area contributed by atoms with E-state index in [4.69, 9.17) is 5.26 Å². The van der Waals surface area contributed by atoms with Gasteiger partial charge in [0.1, 0.15) is 6.42 Å². The lowest BCUT2D eigenvalue weighted by Gasteiger charge is -2.31. The summed E-state index contributed by atoms with van der Waals surface area (Å²) in [4.78, 5) is 25.3. The van der Waals surface area contributed by atoms with Gasteiger partial charge in [-0.15, -0.1) is 0 Å². The van der Waals surface area contributed by atoms with E-state index in [1.165, 1.54) is 4.90 Å². The zero-order valence-corrected chi connectivity index (χ0v) is 7.49. The third-order valence-electron chi connectivity index (χ3n) is 2.04. The highest BCUT2D eigenvalue weighted by atomic mass is 16.2. The normalized spacial score (nSPS) is 17.1. The zero-order chi connectivity index (χ0) is 9.84. The van der Waals surface area contributed by atoms with Crippen LogP contribution in [0.25, 0.3) is 0 Å². The fourth-order valence-corrected chi connectivity index (χ4v) is 1.15. The largest absolute Gasteiger partial charge is 0.342 e. The first-order valence-electron chi connectivity index (χ1n) is 4.04. The van der Waals surface area contributed by atoms with Gasteiger partial charge in [-0.25, -0.2) is 0 Å². The molecule has 0 saturated carbocycles. The van der Waals surface area contributed by atoms with Gasteiger partial charge in [-0.05, 0) is 0 Å². The Kier molecular flexibility index (Phi) is 2.85. The minimum atomic E-state index is -0.260. The summed E-state index contributed by atoms with van der Waals surface area (Å²) in [6.07, 6.45) is -0.142. The first-order valence-corrected chi connectivity index (χ1v) is 4.04. The van der Waals surface area contributed by atoms with Gasteiger partial charge in [-0.2, -0.15) is 5.26 Å². The van der Waals surface area contributed by atoms with Gasteiger partial charge >= 0.3 is 0 Å². The molecule has 1 heterocycles. The fraction of sp³-hybridized carbons (Fsp3) is 0.625. The molecule has 0 radical (unpaired) electrons. The molecule has 1 saturated heterocycles. The lowest BCUT2D eigenvalue weighted by Crippen LogP contribution is -2.50. The Balaban J connectivity index is 2.51. The highest BCUT2D eigenvalue weighted by Gasteiger charge is 2.23. The van der Waals surface area contributed by atoms with Crippen molar-refractivity contribution in [1.82, 2.24) is 9.80 Å². The molecule has 0 aliphatic carbocycles. The number of amides is 2. The van der Waals surface area contributed by atoms with E-state index in [0.717, 1.165) is 0 Å². The second-order valence-corrected chi connectivity index (χ2v) is 2.97. The zero-order valence-electron chi connectivity index (χ0n) is 7.49. The standard InChI is InChI=1S/C8H11N3O2/c1-10-4-5-11(6-8(10)13)7(12)2-3-9/h2,4-6H2,1H3. The van der Waals surface area contributed by atoms with Crippen LogP contribution in [0.2, 0.25) is 0 Å². The van der Waals surface area contributed by atoms with Crippen molar-refractivity contribution in [1.29, 1.82) is 5.26 Å². The maximum absolute atomic E-state index is 11.2. The van der Waals surface area contributed by atoms with Gasteiger partial charge in [0.15, 0.2) is 0 Å². The second kappa shape index (κ2) is 3.90. The van der Waals surface area contributed by atoms with Gasteiger partial charge in [0.2, 0.25) is 11.8 Å². The topological polar surface area (TPSA) is 64.4 Å². The van der Waals surface area contributed by atoms with Crippen molar-refractivity contribution in [3.8, 4) is 6.07 Å². The molecule has 0 aromatic carbocycles. The minimum absolute atomic E-state index is 0.0717. The quantitative estimate of drug-likeness (QED) is 0.532. The summed E-state index contributed by atoms with van der Waals surface area (Å²) >= 11 is 0. The molecule has 0 aromatic rings. The van der Waals surface area contributed by atoms with Crippen LogP contribution in [-0.2, 0) is 9.59 Å². The number of hydrogen-bond acceptors (Lipinski definition) is 3. The van der Waals surface area contributed by atoms with E-state index >= 15 is 0 Å². The van der Waals surface area contributed by atoms with Gasteiger partial charge < -0.3 is 9.80 Å². The molecule has 1 rings (SSSR count). The smallest absolute Gasteiger partial charge is 0.241 e. The number of likely N-dealkylation sites (N-methyl/N-ethyl adjacent to an activating group) is 1. The number of nitrogens with zero attached hydrogens (tertiary/aromatic N) is 3. The summed E-state index contributed by atoms with van der Waals surface area (Å²) < 4.78 is 0. The first-order chi connectivity index (χ1) is 6.15. The lowest BCUT2D eigenvalue weighted by molar-refractivity contribution is -0.143. The summed E-state index contributed by atoms with van der Waals surface area (Å²) in [7, 11) is 1.70. The van der Waals surface area contributed by atoms with Crippen molar-refractivity contribution >= 4 is 11.8 Å². The van der Waals surface area contributed by atoms with Crippen LogP contribution in [0.5, 0.6) is 0 Å². The molecule has 70 valence electrons. The van der Waals surface area contributed by atoms with E-state index in [-0.39, 0.29) is 24.8 Å². The van der Waals surface area contributed by atoms with Crippen molar-refractivity contribution in [3.05, 3.63) is 0 Å². The van der Waals surface area contributed by atoms with Crippen molar-refractivity contribution in [2.75, 3.05) is 26.7 Å². The fourth-order valence-electron chi connectivity index (χ4n) is 1.15. The summed E-state index contributed by atoms with van der Waals surface area (Å²) in [6.45, 7) is 1.19. The third kappa shape index (κ3) is 2.18. The van der Waals surface area contributed by atoms with Gasteiger partial charge in [0.05, 0.1) is 12.6 Å². The van der Waals surface area contributed by atoms with Crippen LogP contribution in [-0.4, -0.2) is 48.3 Å². The monoisotopic (exact) mass is 181 g/mol. The number of rotatable bonds is 1. The molecule has 0 spiro atoms. The van der Waals surface area contributed by atoms with Gasteiger partial charge in [-0.1, -0.05) is 0 Å². The van der Waals surface area contributed by atoms with Crippen LogP contribution in [0.3, 0.4) is 0 Å². The van der Waals surface area contributed by atoms with Crippen molar-refractivity contribution in [2.24, 2.45) is 0 Å². The molecule has 1 fully saturated rings. The van der Waals surface area contributed by atoms with Crippen LogP contribution < -0.4 is 0 Å². The Morgan fingerprint density at radius 3 is 2.85 bits per heavy atom. The summed E-state index contributed by atoms with van der Waals surface area (Å²) in [5.41, 5.74) is 0. The molecule has 2 amide bonds. The number of nitriles is 1. The maximum atomic E-state index is 11.2. The molecule has 0 N–H and O–H groups in total. The van der Waals surface area contributed by atoms with E-state index in [1.54, 1.807) is 18.0 Å². The Morgan fingerprint density at radius 2 is 2.31 bits per heavy atom. The molecule has 13 heavy (non-hydrogen) atoms. The number of carbonyl (C=O) groups excluding carboxylic acids is 2. The molecule has 5 nitrogen and oxygen atoms in total. The molecule has 0 bridgehead atoms. The highest BCUT2D eigenvalue weighted by Crippen LogP contribution is 2.02. The van der Waals surface area contributed by atoms with E-state index in [1.807, 2.05) is 0 Å². The van der Waals surface area contributed by atoms with Crippen LogP contribution in [0.4, 0.5) is 0 Å². The Hall–Kier alpha value is -1.57. The molecule has 0 atom stereocenters. The van der Waals surface area contributed by atoms with Crippen LogP contribution in [0, 0.1) is 11.3 Å². The highest BCUT2D eigenvalue weighted by molar-refractivity contribution is 5.86. The molecule has 1 aliphatic rings. The first kappa shape index (κ1) is 9.52. The van der Waals surface area contributed by atoms with E-state index in [2.05, 4.69) is 0 Å². The van der Waals surface area contributed by atoms with Gasteiger partial charge in [-0.3, -0.25) is 9.59 Å². The number of carbonyl (C=O) groups is 2. The molecule has 0 unspecified atom stereocenters. The van der Waals surface area contributed by atoms with Crippen LogP contribution in [0.15, 0.2) is 0 Å². The Bertz CT molecular complexity index is 269. The molecular weight excluding hydrogens is 170 g/mol.